The molecule has 146 valence electrons. The lowest BCUT2D eigenvalue weighted by atomic mass is 10.1. The summed E-state index contributed by atoms with van der Waals surface area (Å²) in [6, 6.07) is 5.89. The van der Waals surface area contributed by atoms with Gasteiger partial charge in [-0.3, -0.25) is 9.69 Å². The molecule has 1 aromatic carbocycles. The molecule has 1 N–H and O–H groups in total. The average Bonchev–Trinajstić information content (AvgIpc) is 3.12. The van der Waals surface area contributed by atoms with Crippen LogP contribution in [0.15, 0.2) is 24.4 Å². The number of rotatable bonds is 6. The SMILES string of the molecule is Cc1cccc(OCC(=O)N2CCN(Cc3cnc([C@@H](C)O)s3)CC2)c1C. The highest BCUT2D eigenvalue weighted by molar-refractivity contribution is 7.11. The molecule has 0 aliphatic carbocycles. The highest BCUT2D eigenvalue weighted by Gasteiger charge is 2.22. The van der Waals surface area contributed by atoms with Crippen molar-refractivity contribution in [2.24, 2.45) is 0 Å². The van der Waals surface area contributed by atoms with E-state index >= 15 is 0 Å². The van der Waals surface area contributed by atoms with E-state index in [0.29, 0.717) is 13.1 Å². The summed E-state index contributed by atoms with van der Waals surface area (Å²) in [7, 11) is 0. The minimum atomic E-state index is -0.518. The molecule has 1 aromatic heterocycles. The van der Waals surface area contributed by atoms with Crippen LogP contribution < -0.4 is 4.74 Å². The van der Waals surface area contributed by atoms with Crippen molar-refractivity contribution < 1.29 is 14.6 Å². The van der Waals surface area contributed by atoms with Crippen molar-refractivity contribution in [1.82, 2.24) is 14.8 Å². The number of aliphatic hydroxyl groups excluding tert-OH is 1. The molecular formula is C20H27N3O3S. The van der Waals surface area contributed by atoms with Crippen LogP contribution in [0, 0.1) is 13.8 Å². The number of benzene rings is 1. The summed E-state index contributed by atoms with van der Waals surface area (Å²) in [6.07, 6.45) is 1.32. The van der Waals surface area contributed by atoms with Crippen LogP contribution in [-0.4, -0.2) is 58.6 Å². The predicted octanol–water partition coefficient (Wildman–Crippen LogP) is 2.54. The molecule has 3 rings (SSSR count). The summed E-state index contributed by atoms with van der Waals surface area (Å²) in [5.74, 6) is 0.811. The van der Waals surface area contributed by atoms with Gasteiger partial charge in [0.05, 0.1) is 0 Å². The molecule has 1 saturated heterocycles. The Bertz CT molecular complexity index is 783. The quantitative estimate of drug-likeness (QED) is 0.822. The minimum absolute atomic E-state index is 0.0322. The first-order chi connectivity index (χ1) is 12.9. The predicted molar refractivity (Wildman–Crippen MR) is 106 cm³/mol. The fourth-order valence-electron chi connectivity index (χ4n) is 3.08. The molecule has 0 saturated carbocycles. The Morgan fingerprint density at radius 1 is 1.30 bits per heavy atom. The van der Waals surface area contributed by atoms with Gasteiger partial charge in [0.25, 0.3) is 5.91 Å². The first-order valence-electron chi connectivity index (χ1n) is 9.26. The normalized spacial score (nSPS) is 16.4. The number of hydrogen-bond acceptors (Lipinski definition) is 6. The average molecular weight is 390 g/mol. The lowest BCUT2D eigenvalue weighted by Gasteiger charge is -2.34. The number of aryl methyl sites for hydroxylation is 1. The number of aromatic nitrogens is 1. The lowest BCUT2D eigenvalue weighted by molar-refractivity contribution is -0.135. The standard InChI is InChI=1S/C20H27N3O3S/c1-14-5-4-6-18(15(14)2)26-13-19(25)23-9-7-22(8-10-23)12-17-11-21-20(27-17)16(3)24/h4-6,11,16,24H,7-10,12-13H2,1-3H3/t16-/m1/s1. The van der Waals surface area contributed by atoms with Crippen LogP contribution in [-0.2, 0) is 11.3 Å². The maximum atomic E-state index is 12.5. The van der Waals surface area contributed by atoms with Crippen molar-refractivity contribution >= 4 is 17.2 Å². The zero-order valence-electron chi connectivity index (χ0n) is 16.1. The van der Waals surface area contributed by atoms with Gasteiger partial charge >= 0.3 is 0 Å². The smallest absolute Gasteiger partial charge is 0.260 e. The summed E-state index contributed by atoms with van der Waals surface area (Å²) in [5.41, 5.74) is 2.24. The number of piperazine rings is 1. The molecule has 1 atom stereocenters. The molecule has 2 heterocycles. The summed E-state index contributed by atoms with van der Waals surface area (Å²) >= 11 is 1.55. The second-order valence-corrected chi connectivity index (χ2v) is 8.13. The van der Waals surface area contributed by atoms with Crippen LogP contribution in [0.25, 0.3) is 0 Å². The van der Waals surface area contributed by atoms with E-state index < -0.39 is 6.10 Å². The highest BCUT2D eigenvalue weighted by atomic mass is 32.1. The summed E-state index contributed by atoms with van der Waals surface area (Å²) in [5, 5.41) is 10.3. The Balaban J connectivity index is 1.45. The molecule has 1 amide bonds. The number of carbonyl (C=O) groups excluding carboxylic acids is 1. The Morgan fingerprint density at radius 2 is 2.04 bits per heavy atom. The number of hydrogen-bond donors (Lipinski definition) is 1. The van der Waals surface area contributed by atoms with E-state index in [0.717, 1.165) is 46.4 Å². The molecule has 7 heteroatoms. The van der Waals surface area contributed by atoms with E-state index in [4.69, 9.17) is 4.74 Å². The van der Waals surface area contributed by atoms with Crippen molar-refractivity contribution in [2.75, 3.05) is 32.8 Å². The second-order valence-electron chi connectivity index (χ2n) is 6.98. The number of thiazole rings is 1. The van der Waals surface area contributed by atoms with Gasteiger partial charge < -0.3 is 14.7 Å². The summed E-state index contributed by atoms with van der Waals surface area (Å²) in [4.78, 5) is 22.0. The van der Waals surface area contributed by atoms with Crippen molar-refractivity contribution in [1.29, 1.82) is 0 Å². The molecule has 0 bridgehead atoms. The van der Waals surface area contributed by atoms with Gasteiger partial charge in [0, 0.05) is 43.8 Å². The molecule has 0 radical (unpaired) electrons. The molecule has 1 aliphatic heterocycles. The maximum absolute atomic E-state index is 12.5. The third-order valence-corrected chi connectivity index (χ3v) is 6.09. The monoisotopic (exact) mass is 389 g/mol. The third kappa shape index (κ3) is 5.06. The second kappa shape index (κ2) is 8.82. The van der Waals surface area contributed by atoms with Crippen LogP contribution in [0.4, 0.5) is 0 Å². The maximum Gasteiger partial charge on any atom is 0.260 e. The highest BCUT2D eigenvalue weighted by Crippen LogP contribution is 2.22. The van der Waals surface area contributed by atoms with Crippen LogP contribution in [0.1, 0.15) is 34.0 Å². The van der Waals surface area contributed by atoms with E-state index in [1.54, 1.807) is 18.3 Å². The number of amides is 1. The van der Waals surface area contributed by atoms with Gasteiger partial charge in [0.2, 0.25) is 0 Å². The minimum Gasteiger partial charge on any atom is -0.483 e. The van der Waals surface area contributed by atoms with Gasteiger partial charge in [-0.2, -0.15) is 0 Å². The molecule has 6 nitrogen and oxygen atoms in total. The van der Waals surface area contributed by atoms with Gasteiger partial charge in [-0.15, -0.1) is 11.3 Å². The number of nitrogens with zero attached hydrogens (tertiary/aromatic N) is 3. The molecule has 1 aliphatic rings. The summed E-state index contributed by atoms with van der Waals surface area (Å²) < 4.78 is 5.75. The fourth-order valence-corrected chi connectivity index (χ4v) is 3.97. The Kier molecular flexibility index (Phi) is 6.46. The van der Waals surface area contributed by atoms with Gasteiger partial charge in [0.15, 0.2) is 6.61 Å². The molecule has 2 aromatic rings. The molecule has 27 heavy (non-hydrogen) atoms. The fraction of sp³-hybridized carbons (Fsp3) is 0.500. The van der Waals surface area contributed by atoms with E-state index in [-0.39, 0.29) is 12.5 Å². The van der Waals surface area contributed by atoms with Crippen LogP contribution >= 0.6 is 11.3 Å². The largest absolute Gasteiger partial charge is 0.483 e. The first kappa shape index (κ1) is 19.8. The van der Waals surface area contributed by atoms with E-state index in [1.165, 1.54) is 0 Å². The number of ether oxygens (including phenoxy) is 1. The zero-order valence-corrected chi connectivity index (χ0v) is 17.0. The van der Waals surface area contributed by atoms with E-state index in [9.17, 15) is 9.90 Å². The molecule has 1 fully saturated rings. The number of carbonyl (C=O) groups is 1. The van der Waals surface area contributed by atoms with E-state index in [2.05, 4.69) is 9.88 Å². The lowest BCUT2D eigenvalue weighted by Crippen LogP contribution is -2.49. The number of aliphatic hydroxyl groups is 1. The van der Waals surface area contributed by atoms with Gasteiger partial charge in [-0.25, -0.2) is 4.98 Å². The topological polar surface area (TPSA) is 65.9 Å². The summed E-state index contributed by atoms with van der Waals surface area (Å²) in [6.45, 7) is 9.74. The van der Waals surface area contributed by atoms with Crippen LogP contribution in [0.2, 0.25) is 0 Å². The Labute approximate surface area is 164 Å². The van der Waals surface area contributed by atoms with Crippen molar-refractivity contribution in [2.45, 2.75) is 33.4 Å². The molecule has 0 unspecified atom stereocenters. The Hall–Kier alpha value is -1.96. The van der Waals surface area contributed by atoms with Gasteiger partial charge in [-0.05, 0) is 38.0 Å². The van der Waals surface area contributed by atoms with Gasteiger partial charge in [-0.1, -0.05) is 12.1 Å². The van der Waals surface area contributed by atoms with Crippen molar-refractivity contribution in [3.05, 3.63) is 45.4 Å². The van der Waals surface area contributed by atoms with Crippen molar-refractivity contribution in [3.63, 3.8) is 0 Å². The molecule has 0 spiro atoms. The van der Waals surface area contributed by atoms with Crippen LogP contribution in [0.3, 0.4) is 0 Å². The van der Waals surface area contributed by atoms with E-state index in [1.807, 2.05) is 43.1 Å². The first-order valence-corrected chi connectivity index (χ1v) is 10.1. The third-order valence-electron chi connectivity index (χ3n) is 4.94. The van der Waals surface area contributed by atoms with Crippen molar-refractivity contribution in [3.8, 4) is 5.75 Å². The molecular weight excluding hydrogens is 362 g/mol. The van der Waals surface area contributed by atoms with Crippen LogP contribution in [0.5, 0.6) is 5.75 Å². The Morgan fingerprint density at radius 3 is 2.70 bits per heavy atom. The van der Waals surface area contributed by atoms with Gasteiger partial charge in [0.1, 0.15) is 16.9 Å². The zero-order chi connectivity index (χ0) is 19.4.